The van der Waals surface area contributed by atoms with E-state index in [-0.39, 0.29) is 12.1 Å². The zero-order chi connectivity index (χ0) is 24.9. The number of fused-ring (bicyclic) bond motifs is 1. The molecule has 2 aromatic heterocycles. The van der Waals surface area contributed by atoms with E-state index in [1.807, 2.05) is 44.2 Å². The van der Waals surface area contributed by atoms with Crippen LogP contribution in [0, 0.1) is 6.92 Å². The Kier molecular flexibility index (Phi) is 7.62. The Morgan fingerprint density at radius 2 is 2.06 bits per heavy atom. The number of benzene rings is 2. The second kappa shape index (κ2) is 10.8. The van der Waals surface area contributed by atoms with Gasteiger partial charge in [-0.25, -0.2) is 10.4 Å². The lowest BCUT2D eigenvalue weighted by atomic mass is 10.0. The SMILES string of the molecule is CCOc1c(Br)cc(C=NNC(=O)Cn2cnc3sc(C)c(-c4ccccc4)c3c2=O)cc1OC. The Labute approximate surface area is 214 Å². The molecule has 8 nitrogen and oxygen atoms in total. The number of thiophene rings is 1. The van der Waals surface area contributed by atoms with E-state index in [0.29, 0.717) is 38.4 Å². The number of hydrogen-bond acceptors (Lipinski definition) is 7. The largest absolute Gasteiger partial charge is 0.493 e. The molecular weight excluding hydrogens is 532 g/mol. The maximum atomic E-state index is 13.2. The van der Waals surface area contributed by atoms with E-state index in [2.05, 4.69) is 31.4 Å². The molecule has 1 N–H and O–H groups in total. The van der Waals surface area contributed by atoms with Crippen molar-refractivity contribution in [2.45, 2.75) is 20.4 Å². The van der Waals surface area contributed by atoms with E-state index in [1.54, 1.807) is 19.2 Å². The first kappa shape index (κ1) is 24.6. The van der Waals surface area contributed by atoms with Gasteiger partial charge in [0.25, 0.3) is 11.5 Å². The third-order valence-corrected chi connectivity index (χ3v) is 6.78. The molecule has 0 saturated heterocycles. The minimum absolute atomic E-state index is 0.210. The summed E-state index contributed by atoms with van der Waals surface area (Å²) < 4.78 is 12.9. The van der Waals surface area contributed by atoms with Crippen molar-refractivity contribution in [1.82, 2.24) is 15.0 Å². The predicted octanol–water partition coefficient (Wildman–Crippen LogP) is 4.75. The van der Waals surface area contributed by atoms with Crippen LogP contribution in [0.5, 0.6) is 11.5 Å². The van der Waals surface area contributed by atoms with Crippen LogP contribution < -0.4 is 20.5 Å². The van der Waals surface area contributed by atoms with Crippen LogP contribution in [0.15, 0.2) is 63.2 Å². The quantitative estimate of drug-likeness (QED) is 0.250. The highest BCUT2D eigenvalue weighted by molar-refractivity contribution is 9.10. The molecule has 0 saturated carbocycles. The molecule has 0 aliphatic heterocycles. The lowest BCUT2D eigenvalue weighted by Gasteiger charge is -2.12. The third kappa shape index (κ3) is 5.28. The molecule has 0 aliphatic carbocycles. The number of carbonyl (C=O) groups excluding carboxylic acids is 1. The first-order valence-electron chi connectivity index (χ1n) is 10.8. The smallest absolute Gasteiger partial charge is 0.263 e. The van der Waals surface area contributed by atoms with Crippen molar-refractivity contribution in [3.05, 3.63) is 74.1 Å². The van der Waals surface area contributed by atoms with Crippen LogP contribution in [-0.4, -0.2) is 35.4 Å². The van der Waals surface area contributed by atoms with Crippen LogP contribution in [0.25, 0.3) is 21.3 Å². The Morgan fingerprint density at radius 3 is 2.77 bits per heavy atom. The van der Waals surface area contributed by atoms with Crippen molar-refractivity contribution >= 4 is 49.6 Å². The molecule has 35 heavy (non-hydrogen) atoms. The summed E-state index contributed by atoms with van der Waals surface area (Å²) >= 11 is 4.92. The Morgan fingerprint density at radius 1 is 1.29 bits per heavy atom. The Bertz CT molecular complexity index is 1460. The lowest BCUT2D eigenvalue weighted by Crippen LogP contribution is -2.30. The van der Waals surface area contributed by atoms with Crippen molar-refractivity contribution in [1.29, 1.82) is 0 Å². The van der Waals surface area contributed by atoms with Gasteiger partial charge in [0, 0.05) is 10.4 Å². The standard InChI is InChI=1S/C25H23BrN4O4S/c1-4-34-23-18(26)10-16(11-19(23)33-3)12-28-29-20(31)13-30-14-27-24-22(25(30)32)21(15(2)35-24)17-8-6-5-7-9-17/h5-12,14H,4,13H2,1-3H3,(H,29,31). The van der Waals surface area contributed by atoms with Gasteiger partial charge >= 0.3 is 0 Å². The maximum Gasteiger partial charge on any atom is 0.263 e. The number of aryl methyl sites for hydroxylation is 1. The highest BCUT2D eigenvalue weighted by Gasteiger charge is 2.17. The third-order valence-electron chi connectivity index (χ3n) is 5.17. The molecule has 0 bridgehead atoms. The summed E-state index contributed by atoms with van der Waals surface area (Å²) in [5, 5.41) is 4.53. The number of methoxy groups -OCH3 is 1. The summed E-state index contributed by atoms with van der Waals surface area (Å²) in [4.78, 5) is 31.8. The van der Waals surface area contributed by atoms with Gasteiger partial charge in [0.1, 0.15) is 11.4 Å². The molecule has 0 radical (unpaired) electrons. The molecule has 4 aromatic rings. The number of amides is 1. The van der Waals surface area contributed by atoms with E-state index in [4.69, 9.17) is 9.47 Å². The lowest BCUT2D eigenvalue weighted by molar-refractivity contribution is -0.121. The summed E-state index contributed by atoms with van der Waals surface area (Å²) in [7, 11) is 1.55. The van der Waals surface area contributed by atoms with Crippen molar-refractivity contribution in [2.75, 3.05) is 13.7 Å². The number of nitrogens with one attached hydrogen (secondary N) is 1. The topological polar surface area (TPSA) is 94.8 Å². The average molecular weight is 555 g/mol. The number of carbonyl (C=O) groups is 1. The van der Waals surface area contributed by atoms with Gasteiger partial charge in [-0.2, -0.15) is 5.10 Å². The van der Waals surface area contributed by atoms with Crippen LogP contribution in [0.4, 0.5) is 0 Å². The van der Waals surface area contributed by atoms with Crippen molar-refractivity contribution < 1.29 is 14.3 Å². The predicted molar refractivity (Wildman–Crippen MR) is 142 cm³/mol. The molecule has 10 heteroatoms. The van der Waals surface area contributed by atoms with E-state index >= 15 is 0 Å². The van der Waals surface area contributed by atoms with Crippen LogP contribution in [0.2, 0.25) is 0 Å². The molecule has 0 spiro atoms. The van der Waals surface area contributed by atoms with Crippen LogP contribution in [0.1, 0.15) is 17.4 Å². The molecule has 0 atom stereocenters. The zero-order valence-electron chi connectivity index (χ0n) is 19.4. The molecular formula is C25H23BrN4O4S. The fourth-order valence-corrected chi connectivity index (χ4v) is 5.25. The van der Waals surface area contributed by atoms with Gasteiger partial charge in [0.2, 0.25) is 0 Å². The Hall–Kier alpha value is -3.50. The molecule has 0 fully saturated rings. The van der Waals surface area contributed by atoms with E-state index < -0.39 is 5.91 Å². The first-order chi connectivity index (χ1) is 16.9. The van der Waals surface area contributed by atoms with Gasteiger partial charge in [-0.05, 0) is 53.0 Å². The summed E-state index contributed by atoms with van der Waals surface area (Å²) in [6.07, 6.45) is 2.88. The highest BCUT2D eigenvalue weighted by Crippen LogP contribution is 2.36. The number of ether oxygens (including phenoxy) is 2. The van der Waals surface area contributed by atoms with Gasteiger partial charge in [0.15, 0.2) is 11.5 Å². The minimum atomic E-state index is -0.449. The second-order valence-electron chi connectivity index (χ2n) is 7.52. The molecule has 1 amide bonds. The number of rotatable bonds is 8. The normalized spacial score (nSPS) is 11.2. The van der Waals surface area contributed by atoms with Crippen LogP contribution in [0.3, 0.4) is 0 Å². The van der Waals surface area contributed by atoms with E-state index in [1.165, 1.54) is 28.4 Å². The zero-order valence-corrected chi connectivity index (χ0v) is 21.8. The number of hydrazone groups is 1. The second-order valence-corrected chi connectivity index (χ2v) is 9.57. The first-order valence-corrected chi connectivity index (χ1v) is 12.4. The molecule has 0 aliphatic rings. The molecule has 2 heterocycles. The molecule has 4 rings (SSSR count). The van der Waals surface area contributed by atoms with Crippen molar-refractivity contribution in [3.8, 4) is 22.6 Å². The summed E-state index contributed by atoms with van der Waals surface area (Å²) in [5.74, 6) is 0.687. The van der Waals surface area contributed by atoms with Gasteiger partial charge in [-0.15, -0.1) is 11.3 Å². The Balaban J connectivity index is 1.53. The minimum Gasteiger partial charge on any atom is -0.493 e. The van der Waals surface area contributed by atoms with Crippen LogP contribution >= 0.6 is 27.3 Å². The summed E-state index contributed by atoms with van der Waals surface area (Å²) in [6.45, 7) is 4.14. The van der Waals surface area contributed by atoms with Crippen molar-refractivity contribution in [2.24, 2.45) is 5.10 Å². The van der Waals surface area contributed by atoms with E-state index in [9.17, 15) is 9.59 Å². The maximum absolute atomic E-state index is 13.2. The monoisotopic (exact) mass is 554 g/mol. The number of nitrogens with zero attached hydrogens (tertiary/aromatic N) is 3. The molecule has 0 unspecified atom stereocenters. The fraction of sp³-hybridized carbons (Fsp3) is 0.200. The molecule has 180 valence electrons. The molecule has 2 aromatic carbocycles. The summed E-state index contributed by atoms with van der Waals surface area (Å²) in [6, 6.07) is 13.3. The van der Waals surface area contributed by atoms with Gasteiger partial charge in [-0.1, -0.05) is 30.3 Å². The van der Waals surface area contributed by atoms with Crippen LogP contribution in [-0.2, 0) is 11.3 Å². The van der Waals surface area contributed by atoms with Gasteiger partial charge in [0.05, 0.1) is 36.1 Å². The van der Waals surface area contributed by atoms with Gasteiger partial charge < -0.3 is 9.47 Å². The van der Waals surface area contributed by atoms with Gasteiger partial charge in [-0.3, -0.25) is 14.2 Å². The highest BCUT2D eigenvalue weighted by atomic mass is 79.9. The number of halogens is 1. The number of aromatic nitrogens is 2. The number of hydrogen-bond donors (Lipinski definition) is 1. The van der Waals surface area contributed by atoms with E-state index in [0.717, 1.165) is 16.0 Å². The summed E-state index contributed by atoms with van der Waals surface area (Å²) in [5.41, 5.74) is 4.68. The van der Waals surface area contributed by atoms with Crippen molar-refractivity contribution in [3.63, 3.8) is 0 Å². The average Bonchev–Trinajstić information content (AvgIpc) is 3.19. The fourth-order valence-electron chi connectivity index (χ4n) is 3.67.